The van der Waals surface area contributed by atoms with Crippen molar-refractivity contribution < 1.29 is 9.59 Å². The van der Waals surface area contributed by atoms with Crippen molar-refractivity contribution >= 4 is 23.3 Å². The molecule has 136 valence electrons. The fraction of sp³-hybridized carbons (Fsp3) is 0.450. The quantitative estimate of drug-likeness (QED) is 0.868. The van der Waals surface area contributed by atoms with E-state index in [1.54, 1.807) is 6.20 Å². The van der Waals surface area contributed by atoms with Crippen LogP contribution in [0.5, 0.6) is 0 Å². The first-order chi connectivity index (χ1) is 12.6. The number of aromatic nitrogens is 2. The first-order valence-electron chi connectivity index (χ1n) is 9.34. The highest BCUT2D eigenvalue weighted by Gasteiger charge is 2.30. The Labute approximate surface area is 153 Å². The van der Waals surface area contributed by atoms with Crippen LogP contribution in [-0.2, 0) is 16.0 Å². The van der Waals surface area contributed by atoms with Gasteiger partial charge in [-0.25, -0.2) is 4.68 Å². The summed E-state index contributed by atoms with van der Waals surface area (Å²) >= 11 is 0. The monoisotopic (exact) mass is 352 g/mol. The molecular formula is C20H24N4O2. The summed E-state index contributed by atoms with van der Waals surface area (Å²) in [5, 5.41) is 7.34. The molecule has 0 spiro atoms. The fourth-order valence-corrected chi connectivity index (χ4v) is 3.60. The van der Waals surface area contributed by atoms with E-state index in [0.29, 0.717) is 24.8 Å². The molecule has 1 atom stereocenters. The van der Waals surface area contributed by atoms with E-state index in [-0.39, 0.29) is 11.8 Å². The van der Waals surface area contributed by atoms with Crippen molar-refractivity contribution in [2.45, 2.75) is 45.1 Å². The van der Waals surface area contributed by atoms with E-state index in [1.165, 1.54) is 12.8 Å². The van der Waals surface area contributed by atoms with Gasteiger partial charge in [0, 0.05) is 24.7 Å². The minimum atomic E-state index is -0.0558. The van der Waals surface area contributed by atoms with E-state index < -0.39 is 0 Å². The van der Waals surface area contributed by atoms with Crippen LogP contribution in [0.4, 0.5) is 11.5 Å². The lowest BCUT2D eigenvalue weighted by atomic mass is 10.1. The number of anilines is 2. The lowest BCUT2D eigenvalue weighted by molar-refractivity contribution is -0.117. The number of nitrogens with zero attached hydrogens (tertiary/aromatic N) is 3. The molecule has 1 saturated heterocycles. The second-order valence-corrected chi connectivity index (χ2v) is 7.28. The van der Waals surface area contributed by atoms with E-state index in [4.69, 9.17) is 0 Å². The molecule has 1 aromatic carbocycles. The van der Waals surface area contributed by atoms with Crippen molar-refractivity contribution in [3.8, 4) is 0 Å². The summed E-state index contributed by atoms with van der Waals surface area (Å²) in [6.07, 6.45) is 6.04. The third-order valence-electron chi connectivity index (χ3n) is 5.31. The number of amides is 2. The Morgan fingerprint density at radius 3 is 2.69 bits per heavy atom. The van der Waals surface area contributed by atoms with Crippen LogP contribution in [0, 0.1) is 5.92 Å². The van der Waals surface area contributed by atoms with Crippen LogP contribution in [0.15, 0.2) is 36.5 Å². The topological polar surface area (TPSA) is 67.2 Å². The smallest absolute Gasteiger partial charge is 0.229 e. The number of hydrogen-bond donors (Lipinski definition) is 1. The molecule has 1 saturated carbocycles. The highest BCUT2D eigenvalue weighted by Crippen LogP contribution is 2.40. The SMILES string of the molecule is CC(C1CC1)n1nccc1NC(=O)Cc1ccc(N2CCCC2=O)cc1. The molecule has 2 amide bonds. The summed E-state index contributed by atoms with van der Waals surface area (Å²) in [7, 11) is 0. The first-order valence-corrected chi connectivity index (χ1v) is 9.34. The second-order valence-electron chi connectivity index (χ2n) is 7.28. The van der Waals surface area contributed by atoms with E-state index >= 15 is 0 Å². The van der Waals surface area contributed by atoms with Crippen LogP contribution in [0.3, 0.4) is 0 Å². The van der Waals surface area contributed by atoms with Crippen molar-refractivity contribution in [3.05, 3.63) is 42.1 Å². The Bertz CT molecular complexity index is 807. The second kappa shape index (κ2) is 6.94. The lowest BCUT2D eigenvalue weighted by Gasteiger charge is -2.16. The summed E-state index contributed by atoms with van der Waals surface area (Å²) in [6.45, 7) is 2.93. The van der Waals surface area contributed by atoms with Crippen LogP contribution in [-0.4, -0.2) is 28.1 Å². The molecule has 0 radical (unpaired) electrons. The van der Waals surface area contributed by atoms with Gasteiger partial charge in [-0.05, 0) is 49.8 Å². The van der Waals surface area contributed by atoms with E-state index in [2.05, 4.69) is 17.3 Å². The molecule has 6 heteroatoms. The highest BCUT2D eigenvalue weighted by atomic mass is 16.2. The molecule has 26 heavy (non-hydrogen) atoms. The van der Waals surface area contributed by atoms with Crippen LogP contribution in [0.25, 0.3) is 0 Å². The number of carbonyl (C=O) groups excluding carboxylic acids is 2. The summed E-state index contributed by atoms with van der Waals surface area (Å²) in [5.74, 6) is 1.55. The van der Waals surface area contributed by atoms with Gasteiger partial charge >= 0.3 is 0 Å². The third kappa shape index (κ3) is 3.49. The summed E-state index contributed by atoms with van der Waals surface area (Å²) in [6, 6.07) is 9.85. The average molecular weight is 352 g/mol. The van der Waals surface area contributed by atoms with Crippen molar-refractivity contribution in [1.29, 1.82) is 0 Å². The van der Waals surface area contributed by atoms with Gasteiger partial charge in [-0.2, -0.15) is 5.10 Å². The molecule has 2 fully saturated rings. The number of rotatable bonds is 6. The molecule has 1 aliphatic heterocycles. The Morgan fingerprint density at radius 2 is 2.04 bits per heavy atom. The van der Waals surface area contributed by atoms with Gasteiger partial charge in [-0.1, -0.05) is 12.1 Å². The number of nitrogens with one attached hydrogen (secondary N) is 1. The van der Waals surface area contributed by atoms with Gasteiger partial charge in [0.05, 0.1) is 18.7 Å². The largest absolute Gasteiger partial charge is 0.312 e. The molecular weight excluding hydrogens is 328 g/mol. The van der Waals surface area contributed by atoms with E-state index in [0.717, 1.165) is 30.0 Å². The number of carbonyl (C=O) groups is 2. The zero-order valence-electron chi connectivity index (χ0n) is 15.0. The van der Waals surface area contributed by atoms with Crippen molar-refractivity contribution in [2.24, 2.45) is 5.92 Å². The zero-order chi connectivity index (χ0) is 18.1. The summed E-state index contributed by atoms with van der Waals surface area (Å²) in [5.41, 5.74) is 1.84. The Balaban J connectivity index is 1.38. The van der Waals surface area contributed by atoms with Gasteiger partial charge in [-0.15, -0.1) is 0 Å². The molecule has 1 unspecified atom stereocenters. The van der Waals surface area contributed by atoms with Crippen molar-refractivity contribution in [3.63, 3.8) is 0 Å². The predicted molar refractivity (Wildman–Crippen MR) is 100 cm³/mol. The van der Waals surface area contributed by atoms with Crippen LogP contribution in [0.1, 0.15) is 44.2 Å². The minimum absolute atomic E-state index is 0.0558. The molecule has 1 aliphatic carbocycles. The molecule has 4 rings (SSSR count). The normalized spacial score (nSPS) is 18.2. The maximum Gasteiger partial charge on any atom is 0.229 e. The maximum absolute atomic E-state index is 12.4. The van der Waals surface area contributed by atoms with Gasteiger partial charge in [0.2, 0.25) is 11.8 Å². The zero-order valence-corrected chi connectivity index (χ0v) is 15.0. The molecule has 1 N–H and O–H groups in total. The first kappa shape index (κ1) is 16.8. The highest BCUT2D eigenvalue weighted by molar-refractivity contribution is 5.95. The van der Waals surface area contributed by atoms with E-state index in [9.17, 15) is 9.59 Å². The minimum Gasteiger partial charge on any atom is -0.312 e. The fourth-order valence-electron chi connectivity index (χ4n) is 3.60. The van der Waals surface area contributed by atoms with Crippen LogP contribution < -0.4 is 10.2 Å². The molecule has 1 aromatic heterocycles. The molecule has 0 bridgehead atoms. The third-order valence-corrected chi connectivity index (χ3v) is 5.31. The molecule has 2 aliphatic rings. The average Bonchev–Trinajstić information content (AvgIpc) is 3.24. The van der Waals surface area contributed by atoms with E-state index in [1.807, 2.05) is 39.9 Å². The lowest BCUT2D eigenvalue weighted by Crippen LogP contribution is -2.23. The van der Waals surface area contributed by atoms with Crippen LogP contribution >= 0.6 is 0 Å². The summed E-state index contributed by atoms with van der Waals surface area (Å²) < 4.78 is 1.91. The van der Waals surface area contributed by atoms with Crippen LogP contribution in [0.2, 0.25) is 0 Å². The van der Waals surface area contributed by atoms with Crippen molar-refractivity contribution in [2.75, 3.05) is 16.8 Å². The van der Waals surface area contributed by atoms with Gasteiger partial charge in [0.15, 0.2) is 0 Å². The summed E-state index contributed by atoms with van der Waals surface area (Å²) in [4.78, 5) is 26.0. The number of hydrogen-bond acceptors (Lipinski definition) is 3. The Kier molecular flexibility index (Phi) is 4.49. The van der Waals surface area contributed by atoms with Gasteiger partial charge in [0.1, 0.15) is 5.82 Å². The maximum atomic E-state index is 12.4. The standard InChI is InChI=1S/C20H24N4O2/c1-14(16-6-7-16)24-18(10-11-21-24)22-19(25)13-15-4-8-17(9-5-15)23-12-2-3-20(23)26/h4-5,8-11,14,16H,2-3,6-7,12-13H2,1H3,(H,22,25). The predicted octanol–water partition coefficient (Wildman–Crippen LogP) is 3.16. The van der Waals surface area contributed by atoms with Crippen molar-refractivity contribution in [1.82, 2.24) is 9.78 Å². The molecule has 2 heterocycles. The Morgan fingerprint density at radius 1 is 1.27 bits per heavy atom. The molecule has 6 nitrogen and oxygen atoms in total. The Hall–Kier alpha value is -2.63. The van der Waals surface area contributed by atoms with Gasteiger partial charge in [-0.3, -0.25) is 9.59 Å². The number of benzene rings is 1. The molecule has 2 aromatic rings. The van der Waals surface area contributed by atoms with Gasteiger partial charge in [0.25, 0.3) is 0 Å². The van der Waals surface area contributed by atoms with Gasteiger partial charge < -0.3 is 10.2 Å².